The molecule has 0 radical (unpaired) electrons. The fourth-order valence-electron chi connectivity index (χ4n) is 2.30. The Labute approximate surface area is 113 Å². The van der Waals surface area contributed by atoms with E-state index in [1.54, 1.807) is 0 Å². The summed E-state index contributed by atoms with van der Waals surface area (Å²) in [5.74, 6) is 1.67. The monoisotopic (exact) mass is 265 g/mol. The zero-order valence-electron chi connectivity index (χ0n) is 11.2. The third-order valence-corrected chi connectivity index (χ3v) is 3.64. The summed E-state index contributed by atoms with van der Waals surface area (Å²) in [4.78, 5) is 0. The van der Waals surface area contributed by atoms with E-state index in [9.17, 15) is 0 Å². The van der Waals surface area contributed by atoms with Crippen molar-refractivity contribution in [3.8, 4) is 0 Å². The summed E-state index contributed by atoms with van der Waals surface area (Å²) in [6.07, 6.45) is 2.04. The van der Waals surface area contributed by atoms with E-state index >= 15 is 0 Å². The minimum Gasteiger partial charge on any atom is -0.461 e. The number of halogens is 1. The van der Waals surface area contributed by atoms with Gasteiger partial charge in [-0.1, -0.05) is 25.4 Å². The number of furan rings is 1. The predicted molar refractivity (Wildman–Crippen MR) is 77.2 cm³/mol. The fraction of sp³-hybridized carbons (Fsp3) is 0.467. The first-order valence-corrected chi connectivity index (χ1v) is 6.83. The molecular formula is C15H20ClNO. The van der Waals surface area contributed by atoms with Gasteiger partial charge in [0.2, 0.25) is 0 Å². The standard InChI is InChI=1S/C15H20ClNO/c1-10(2)14(17-3)6-5-13-9-11-8-12(16)4-7-15(11)18-13/h4,7-10,14,17H,5-6H2,1-3H3. The first-order valence-electron chi connectivity index (χ1n) is 6.45. The number of hydrogen-bond donors (Lipinski definition) is 1. The molecule has 0 amide bonds. The SMILES string of the molecule is CNC(CCc1cc2cc(Cl)ccc2o1)C(C)C. The summed E-state index contributed by atoms with van der Waals surface area (Å²) in [6.45, 7) is 4.47. The Balaban J connectivity index is 2.08. The molecule has 0 spiro atoms. The number of aryl methyl sites for hydroxylation is 1. The van der Waals surface area contributed by atoms with E-state index in [4.69, 9.17) is 16.0 Å². The normalized spacial score (nSPS) is 13.4. The lowest BCUT2D eigenvalue weighted by Crippen LogP contribution is -2.30. The maximum Gasteiger partial charge on any atom is 0.134 e. The molecule has 18 heavy (non-hydrogen) atoms. The molecule has 1 aromatic carbocycles. The summed E-state index contributed by atoms with van der Waals surface area (Å²) in [5.41, 5.74) is 0.917. The minimum atomic E-state index is 0.529. The summed E-state index contributed by atoms with van der Waals surface area (Å²) in [5, 5.41) is 5.19. The molecule has 0 aliphatic heterocycles. The number of benzene rings is 1. The van der Waals surface area contributed by atoms with E-state index in [-0.39, 0.29) is 0 Å². The van der Waals surface area contributed by atoms with Crippen LogP contribution in [0.25, 0.3) is 11.0 Å². The molecular weight excluding hydrogens is 246 g/mol. The highest BCUT2D eigenvalue weighted by atomic mass is 35.5. The third kappa shape index (κ3) is 3.06. The quantitative estimate of drug-likeness (QED) is 0.874. The lowest BCUT2D eigenvalue weighted by molar-refractivity contribution is 0.390. The number of rotatable bonds is 5. The summed E-state index contributed by atoms with van der Waals surface area (Å²) in [6, 6.07) is 8.36. The van der Waals surface area contributed by atoms with Crippen molar-refractivity contribution in [2.24, 2.45) is 5.92 Å². The van der Waals surface area contributed by atoms with Crippen molar-refractivity contribution in [3.05, 3.63) is 35.0 Å². The van der Waals surface area contributed by atoms with Gasteiger partial charge in [0.1, 0.15) is 11.3 Å². The Kier molecular flexibility index (Phi) is 4.31. The highest BCUT2D eigenvalue weighted by molar-refractivity contribution is 6.31. The molecule has 0 fully saturated rings. The molecule has 1 N–H and O–H groups in total. The Morgan fingerprint density at radius 3 is 2.72 bits per heavy atom. The van der Waals surface area contributed by atoms with Gasteiger partial charge in [0, 0.05) is 22.9 Å². The van der Waals surface area contributed by atoms with Crippen molar-refractivity contribution in [3.63, 3.8) is 0 Å². The molecule has 1 aromatic heterocycles. The zero-order valence-corrected chi connectivity index (χ0v) is 11.9. The smallest absolute Gasteiger partial charge is 0.134 e. The van der Waals surface area contributed by atoms with E-state index in [0.29, 0.717) is 12.0 Å². The molecule has 0 saturated carbocycles. The highest BCUT2D eigenvalue weighted by Gasteiger charge is 2.12. The van der Waals surface area contributed by atoms with Gasteiger partial charge in [-0.3, -0.25) is 0 Å². The molecule has 98 valence electrons. The van der Waals surface area contributed by atoms with E-state index in [1.807, 2.05) is 25.2 Å². The molecule has 2 nitrogen and oxygen atoms in total. The predicted octanol–water partition coefficient (Wildman–Crippen LogP) is 4.26. The zero-order chi connectivity index (χ0) is 13.1. The van der Waals surface area contributed by atoms with Crippen molar-refractivity contribution in [2.75, 3.05) is 7.05 Å². The third-order valence-electron chi connectivity index (χ3n) is 3.41. The molecule has 3 heteroatoms. The molecule has 1 atom stereocenters. The molecule has 1 heterocycles. The number of hydrogen-bond acceptors (Lipinski definition) is 2. The van der Waals surface area contributed by atoms with Crippen LogP contribution in [0.4, 0.5) is 0 Å². The van der Waals surface area contributed by atoms with Crippen molar-refractivity contribution in [2.45, 2.75) is 32.7 Å². The molecule has 0 aliphatic rings. The van der Waals surface area contributed by atoms with Crippen LogP contribution in [-0.4, -0.2) is 13.1 Å². The summed E-state index contributed by atoms with van der Waals surface area (Å²) in [7, 11) is 2.02. The topological polar surface area (TPSA) is 25.2 Å². The van der Waals surface area contributed by atoms with Crippen LogP contribution >= 0.6 is 11.6 Å². The first kappa shape index (κ1) is 13.4. The molecule has 2 rings (SSSR count). The Morgan fingerprint density at radius 2 is 2.06 bits per heavy atom. The minimum absolute atomic E-state index is 0.529. The van der Waals surface area contributed by atoms with Crippen LogP contribution in [0.1, 0.15) is 26.0 Å². The number of nitrogens with one attached hydrogen (secondary N) is 1. The van der Waals surface area contributed by atoms with Gasteiger partial charge in [0.15, 0.2) is 0 Å². The van der Waals surface area contributed by atoms with Gasteiger partial charge in [-0.25, -0.2) is 0 Å². The van der Waals surface area contributed by atoms with Gasteiger partial charge in [-0.2, -0.15) is 0 Å². The van der Waals surface area contributed by atoms with Crippen molar-refractivity contribution >= 4 is 22.6 Å². The van der Waals surface area contributed by atoms with Gasteiger partial charge in [0.05, 0.1) is 0 Å². The van der Waals surface area contributed by atoms with Gasteiger partial charge in [0.25, 0.3) is 0 Å². The molecule has 0 aliphatic carbocycles. The number of fused-ring (bicyclic) bond motifs is 1. The maximum absolute atomic E-state index is 5.97. The van der Waals surface area contributed by atoms with Crippen LogP contribution in [0.2, 0.25) is 5.02 Å². The van der Waals surface area contributed by atoms with Gasteiger partial charge in [-0.15, -0.1) is 0 Å². The average Bonchev–Trinajstić information content (AvgIpc) is 2.71. The van der Waals surface area contributed by atoms with Crippen LogP contribution in [-0.2, 0) is 6.42 Å². The second-order valence-electron chi connectivity index (χ2n) is 5.07. The van der Waals surface area contributed by atoms with Gasteiger partial charge >= 0.3 is 0 Å². The van der Waals surface area contributed by atoms with E-state index in [1.165, 1.54) is 0 Å². The largest absolute Gasteiger partial charge is 0.461 e. The van der Waals surface area contributed by atoms with Crippen LogP contribution in [0.15, 0.2) is 28.7 Å². The summed E-state index contributed by atoms with van der Waals surface area (Å²) < 4.78 is 5.81. The second-order valence-corrected chi connectivity index (χ2v) is 5.51. The Morgan fingerprint density at radius 1 is 1.28 bits per heavy atom. The maximum atomic E-state index is 5.97. The van der Waals surface area contributed by atoms with Gasteiger partial charge < -0.3 is 9.73 Å². The lowest BCUT2D eigenvalue weighted by atomic mass is 9.99. The molecule has 0 bridgehead atoms. The van der Waals surface area contributed by atoms with E-state index in [0.717, 1.165) is 34.6 Å². The Hall–Kier alpha value is -0.990. The van der Waals surface area contributed by atoms with Gasteiger partial charge in [-0.05, 0) is 43.7 Å². The van der Waals surface area contributed by atoms with Crippen LogP contribution in [0.3, 0.4) is 0 Å². The molecule has 1 unspecified atom stereocenters. The highest BCUT2D eigenvalue weighted by Crippen LogP contribution is 2.24. The van der Waals surface area contributed by atoms with Crippen molar-refractivity contribution < 1.29 is 4.42 Å². The van der Waals surface area contributed by atoms with E-state index < -0.39 is 0 Å². The Bertz CT molecular complexity index is 518. The van der Waals surface area contributed by atoms with Crippen LogP contribution in [0, 0.1) is 5.92 Å². The average molecular weight is 266 g/mol. The molecule has 2 aromatic rings. The summed E-state index contributed by atoms with van der Waals surface area (Å²) >= 11 is 5.97. The van der Waals surface area contributed by atoms with Crippen LogP contribution < -0.4 is 5.32 Å². The lowest BCUT2D eigenvalue weighted by Gasteiger charge is -2.19. The van der Waals surface area contributed by atoms with Crippen molar-refractivity contribution in [1.82, 2.24) is 5.32 Å². The molecule has 0 saturated heterocycles. The first-order chi connectivity index (χ1) is 8.60. The second kappa shape index (κ2) is 5.77. The fourth-order valence-corrected chi connectivity index (χ4v) is 2.48. The van der Waals surface area contributed by atoms with Crippen LogP contribution in [0.5, 0.6) is 0 Å². The van der Waals surface area contributed by atoms with E-state index in [2.05, 4.69) is 25.2 Å². The van der Waals surface area contributed by atoms with Crippen molar-refractivity contribution in [1.29, 1.82) is 0 Å².